The molecule has 0 aliphatic heterocycles. The smallest absolute Gasteiger partial charge is 0.307 e. The number of nitrogens with two attached hydrogens (primary N) is 1. The number of anilines is 1. The third-order valence-corrected chi connectivity index (χ3v) is 7.29. The Morgan fingerprint density at radius 1 is 1.13 bits per heavy atom. The normalized spacial score (nSPS) is 24.2. The van der Waals surface area contributed by atoms with E-state index in [-0.39, 0.29) is 23.3 Å². The average Bonchev–Trinajstić information content (AvgIpc) is 3.40. The van der Waals surface area contributed by atoms with Crippen molar-refractivity contribution in [3.05, 3.63) is 52.4 Å². The molecule has 2 amide bonds. The number of carbonyl (C=O) groups is 3. The lowest BCUT2D eigenvalue weighted by Gasteiger charge is -2.23. The number of primary amides is 1. The summed E-state index contributed by atoms with van der Waals surface area (Å²) in [6, 6.07) is 7.92. The molecule has 1 aromatic carbocycles. The Kier molecular flexibility index (Phi) is 5.24. The Hall–Kier alpha value is -2.93. The number of allylic oxidation sites excluding steroid dienone is 2. The van der Waals surface area contributed by atoms with Crippen LogP contribution < -0.4 is 11.1 Å². The van der Waals surface area contributed by atoms with E-state index in [1.807, 2.05) is 43.3 Å². The van der Waals surface area contributed by atoms with Gasteiger partial charge in [0.2, 0.25) is 5.91 Å². The Morgan fingerprint density at radius 2 is 1.77 bits per heavy atom. The van der Waals surface area contributed by atoms with Crippen LogP contribution in [0.5, 0.6) is 0 Å². The molecule has 0 saturated heterocycles. The van der Waals surface area contributed by atoms with E-state index < -0.39 is 23.7 Å². The highest BCUT2D eigenvalue weighted by molar-refractivity contribution is 7.17. The first kappa shape index (κ1) is 20.3. The largest absolute Gasteiger partial charge is 0.481 e. The molecule has 1 saturated carbocycles. The molecule has 4 N–H and O–H groups in total. The van der Waals surface area contributed by atoms with Gasteiger partial charge in [0.1, 0.15) is 5.00 Å². The van der Waals surface area contributed by atoms with Gasteiger partial charge in [0.25, 0.3) is 5.91 Å². The Balaban J connectivity index is 1.68. The van der Waals surface area contributed by atoms with E-state index in [1.165, 1.54) is 16.9 Å². The van der Waals surface area contributed by atoms with Crippen molar-refractivity contribution in [2.75, 3.05) is 5.32 Å². The van der Waals surface area contributed by atoms with Gasteiger partial charge in [-0.15, -0.1) is 11.3 Å². The zero-order valence-corrected chi connectivity index (χ0v) is 17.7. The SMILES string of the molecule is CCc1ccc(-c2c(C)sc(NC(=O)C3C4C=CC(C4)C3C(=O)O)c2C(N)=O)cc1. The summed E-state index contributed by atoms with van der Waals surface area (Å²) in [5.41, 5.74) is 8.74. The maximum absolute atomic E-state index is 13.1. The molecule has 2 aliphatic carbocycles. The lowest BCUT2D eigenvalue weighted by atomic mass is 9.82. The van der Waals surface area contributed by atoms with Crippen molar-refractivity contribution in [3.8, 4) is 11.1 Å². The van der Waals surface area contributed by atoms with E-state index in [4.69, 9.17) is 5.73 Å². The number of amides is 2. The van der Waals surface area contributed by atoms with Crippen LogP contribution in [0.3, 0.4) is 0 Å². The lowest BCUT2D eigenvalue weighted by Crippen LogP contribution is -2.36. The van der Waals surface area contributed by atoms with Crippen molar-refractivity contribution in [3.63, 3.8) is 0 Å². The number of carboxylic acid groups (broad SMARTS) is 1. The Morgan fingerprint density at radius 3 is 2.33 bits per heavy atom. The van der Waals surface area contributed by atoms with Crippen LogP contribution in [0.2, 0.25) is 0 Å². The maximum Gasteiger partial charge on any atom is 0.307 e. The first-order valence-corrected chi connectivity index (χ1v) is 10.9. The minimum absolute atomic E-state index is 0.0877. The molecule has 1 aromatic heterocycles. The Bertz CT molecular complexity index is 1050. The van der Waals surface area contributed by atoms with Gasteiger partial charge in [-0.2, -0.15) is 0 Å². The fraction of sp³-hybridized carbons (Fsp3) is 0.348. The minimum Gasteiger partial charge on any atom is -0.481 e. The molecule has 1 fully saturated rings. The molecule has 156 valence electrons. The second-order valence-corrected chi connectivity index (χ2v) is 9.20. The fourth-order valence-electron chi connectivity index (χ4n) is 4.83. The molecular weight excluding hydrogens is 400 g/mol. The molecule has 4 rings (SSSR count). The third-order valence-electron chi connectivity index (χ3n) is 6.27. The molecule has 4 atom stereocenters. The molecule has 2 aliphatic rings. The molecule has 0 radical (unpaired) electrons. The highest BCUT2D eigenvalue weighted by atomic mass is 32.1. The van der Waals surface area contributed by atoms with Gasteiger partial charge in [0, 0.05) is 10.4 Å². The predicted octanol–water partition coefficient (Wildman–Crippen LogP) is 3.85. The number of benzene rings is 1. The van der Waals surface area contributed by atoms with E-state index in [9.17, 15) is 19.5 Å². The molecule has 0 spiro atoms. The van der Waals surface area contributed by atoms with Crippen LogP contribution in [-0.4, -0.2) is 22.9 Å². The summed E-state index contributed by atoms with van der Waals surface area (Å²) < 4.78 is 0. The first-order chi connectivity index (χ1) is 14.3. The summed E-state index contributed by atoms with van der Waals surface area (Å²) in [5, 5.41) is 12.8. The van der Waals surface area contributed by atoms with E-state index >= 15 is 0 Å². The van der Waals surface area contributed by atoms with Crippen LogP contribution in [0.1, 0.15) is 34.1 Å². The summed E-state index contributed by atoms with van der Waals surface area (Å²) in [6.45, 7) is 3.96. The third kappa shape index (κ3) is 3.33. The number of rotatable bonds is 6. The zero-order chi connectivity index (χ0) is 21.6. The number of hydrogen-bond donors (Lipinski definition) is 3. The summed E-state index contributed by atoms with van der Waals surface area (Å²) in [6.07, 6.45) is 5.42. The van der Waals surface area contributed by atoms with E-state index in [0.717, 1.165) is 16.9 Å². The summed E-state index contributed by atoms with van der Waals surface area (Å²) >= 11 is 1.29. The average molecular weight is 425 g/mol. The molecular formula is C23H24N2O4S. The quantitative estimate of drug-likeness (QED) is 0.612. The Labute approximate surface area is 178 Å². The number of carboxylic acids is 1. The van der Waals surface area contributed by atoms with Crippen LogP contribution in [-0.2, 0) is 16.0 Å². The van der Waals surface area contributed by atoms with Crippen LogP contribution in [0.25, 0.3) is 11.1 Å². The second-order valence-electron chi connectivity index (χ2n) is 7.98. The number of aryl methyl sites for hydroxylation is 2. The predicted molar refractivity (Wildman–Crippen MR) is 116 cm³/mol. The number of hydrogen-bond acceptors (Lipinski definition) is 4. The van der Waals surface area contributed by atoms with Crippen LogP contribution in [0, 0.1) is 30.6 Å². The van der Waals surface area contributed by atoms with Gasteiger partial charge in [-0.05, 0) is 42.7 Å². The summed E-state index contributed by atoms with van der Waals surface area (Å²) in [5.74, 6) is -3.53. The standard InChI is InChI=1S/C23H24N2O4S/c1-3-12-4-6-13(7-5-12)16-11(2)30-22(19(16)20(24)26)25-21(27)17-14-8-9-15(10-14)18(17)23(28)29/h4-9,14-15,17-18H,3,10H2,1-2H3,(H2,24,26)(H,25,27)(H,28,29). The van der Waals surface area contributed by atoms with E-state index in [1.54, 1.807) is 0 Å². The second kappa shape index (κ2) is 7.72. The van der Waals surface area contributed by atoms with Crippen molar-refractivity contribution in [1.82, 2.24) is 0 Å². The number of thiophene rings is 1. The minimum atomic E-state index is -0.957. The van der Waals surface area contributed by atoms with Crippen LogP contribution in [0.15, 0.2) is 36.4 Å². The van der Waals surface area contributed by atoms with Crippen LogP contribution >= 0.6 is 11.3 Å². The fourth-order valence-corrected chi connectivity index (χ4v) is 5.92. The van der Waals surface area contributed by atoms with Gasteiger partial charge in [-0.3, -0.25) is 14.4 Å². The van der Waals surface area contributed by atoms with Gasteiger partial charge < -0.3 is 16.2 Å². The van der Waals surface area contributed by atoms with E-state index in [2.05, 4.69) is 12.2 Å². The van der Waals surface area contributed by atoms with Gasteiger partial charge in [0.05, 0.1) is 17.4 Å². The van der Waals surface area contributed by atoms with E-state index in [0.29, 0.717) is 17.0 Å². The molecule has 2 bridgehead atoms. The van der Waals surface area contributed by atoms with Crippen molar-refractivity contribution in [2.24, 2.45) is 29.4 Å². The molecule has 1 heterocycles. The first-order valence-electron chi connectivity index (χ1n) is 10.1. The summed E-state index contributed by atoms with van der Waals surface area (Å²) in [4.78, 5) is 38.0. The zero-order valence-electron chi connectivity index (χ0n) is 16.8. The molecule has 30 heavy (non-hydrogen) atoms. The lowest BCUT2D eigenvalue weighted by molar-refractivity contribution is -0.146. The van der Waals surface area contributed by atoms with Gasteiger partial charge in [-0.25, -0.2) is 0 Å². The number of fused-ring (bicyclic) bond motifs is 2. The maximum atomic E-state index is 13.1. The highest BCUT2D eigenvalue weighted by Crippen LogP contribution is 2.49. The van der Waals surface area contributed by atoms with Gasteiger partial charge >= 0.3 is 5.97 Å². The molecule has 6 nitrogen and oxygen atoms in total. The van der Waals surface area contributed by atoms with Crippen LogP contribution in [0.4, 0.5) is 5.00 Å². The van der Waals surface area contributed by atoms with Crippen molar-refractivity contribution >= 4 is 34.1 Å². The number of carbonyl (C=O) groups excluding carboxylic acids is 2. The van der Waals surface area contributed by atoms with Gasteiger partial charge in [-0.1, -0.05) is 43.3 Å². The van der Waals surface area contributed by atoms with Crippen molar-refractivity contribution < 1.29 is 19.5 Å². The molecule has 4 unspecified atom stereocenters. The molecule has 7 heteroatoms. The summed E-state index contributed by atoms with van der Waals surface area (Å²) in [7, 11) is 0. The number of nitrogens with one attached hydrogen (secondary N) is 1. The van der Waals surface area contributed by atoms with Gasteiger partial charge in [0.15, 0.2) is 0 Å². The highest BCUT2D eigenvalue weighted by Gasteiger charge is 2.51. The number of aliphatic carboxylic acids is 1. The monoisotopic (exact) mass is 424 g/mol. The van der Waals surface area contributed by atoms with Crippen molar-refractivity contribution in [2.45, 2.75) is 26.7 Å². The topological polar surface area (TPSA) is 109 Å². The molecule has 2 aromatic rings. The van der Waals surface area contributed by atoms with Crippen molar-refractivity contribution in [1.29, 1.82) is 0 Å².